The standard InChI is InChI=1S/C36H23F7N4O/c1-20-14-21(2)34(36(41,42)43)32(33(20)35(38,39)40)22-18-45-46(19-22)24-6-5-7-25(16-24)48-26-10-11-28-27-8-3-4-9-29(27)47(30(28)17-26)31-15-23(37)12-13-44-31/h3-19H,1-2H3. The minimum Gasteiger partial charge on any atom is -0.457 e. The van der Waals surface area contributed by atoms with Crippen molar-refractivity contribution in [2.75, 3.05) is 0 Å². The lowest BCUT2D eigenvalue weighted by Crippen LogP contribution is -2.17. The van der Waals surface area contributed by atoms with Crippen molar-refractivity contribution in [3.63, 3.8) is 0 Å². The zero-order chi connectivity index (χ0) is 34.0. The number of hydrogen-bond acceptors (Lipinski definition) is 3. The van der Waals surface area contributed by atoms with E-state index in [2.05, 4.69) is 10.1 Å². The van der Waals surface area contributed by atoms with E-state index in [1.165, 1.54) is 23.0 Å². The molecule has 0 fully saturated rings. The molecule has 0 aliphatic rings. The number of rotatable bonds is 5. The summed E-state index contributed by atoms with van der Waals surface area (Å²) in [6.07, 6.45) is -6.58. The maximum absolute atomic E-state index is 14.2. The van der Waals surface area contributed by atoms with Crippen molar-refractivity contribution in [1.29, 1.82) is 0 Å². The summed E-state index contributed by atoms with van der Waals surface area (Å²) in [5, 5.41) is 5.92. The predicted octanol–water partition coefficient (Wildman–Crippen LogP) is 10.6. The quantitative estimate of drug-likeness (QED) is 0.173. The van der Waals surface area contributed by atoms with Crippen LogP contribution in [0.25, 0.3) is 44.4 Å². The molecule has 0 aliphatic heterocycles. The van der Waals surface area contributed by atoms with Gasteiger partial charge in [-0.25, -0.2) is 14.1 Å². The highest BCUT2D eigenvalue weighted by molar-refractivity contribution is 6.09. The van der Waals surface area contributed by atoms with Crippen LogP contribution in [-0.4, -0.2) is 19.3 Å². The van der Waals surface area contributed by atoms with E-state index in [0.717, 1.165) is 48.6 Å². The number of nitrogens with zero attached hydrogens (tertiary/aromatic N) is 4. The van der Waals surface area contributed by atoms with Crippen LogP contribution in [0.2, 0.25) is 0 Å². The number of pyridine rings is 1. The zero-order valence-electron chi connectivity index (χ0n) is 25.2. The molecule has 3 heterocycles. The molecule has 3 aromatic heterocycles. The van der Waals surface area contributed by atoms with Crippen LogP contribution in [0.3, 0.4) is 0 Å². The van der Waals surface area contributed by atoms with E-state index in [1.807, 2.05) is 34.9 Å². The Bertz CT molecular complexity index is 2310. The molecule has 4 aromatic carbocycles. The third kappa shape index (κ3) is 5.42. The maximum Gasteiger partial charge on any atom is 0.417 e. The van der Waals surface area contributed by atoms with E-state index in [0.29, 0.717) is 28.5 Å². The molecular formula is C36H23F7N4O. The van der Waals surface area contributed by atoms with Gasteiger partial charge in [-0.2, -0.15) is 31.4 Å². The molecule has 0 radical (unpaired) electrons. The largest absolute Gasteiger partial charge is 0.457 e. The van der Waals surface area contributed by atoms with E-state index < -0.39 is 34.9 Å². The maximum atomic E-state index is 14.2. The van der Waals surface area contributed by atoms with Crippen LogP contribution in [-0.2, 0) is 12.4 Å². The molecule has 0 spiro atoms. The van der Waals surface area contributed by atoms with Gasteiger partial charge in [-0.15, -0.1) is 0 Å². The fourth-order valence-corrected chi connectivity index (χ4v) is 6.20. The molecule has 0 bridgehead atoms. The van der Waals surface area contributed by atoms with Crippen LogP contribution in [0.4, 0.5) is 30.7 Å². The second kappa shape index (κ2) is 11.3. The number of aromatic nitrogens is 4. The Hall–Kier alpha value is -5.65. The summed E-state index contributed by atoms with van der Waals surface area (Å²) in [4.78, 5) is 4.36. The Balaban J connectivity index is 1.28. The van der Waals surface area contributed by atoms with Gasteiger partial charge in [0.1, 0.15) is 23.1 Å². The molecule has 0 saturated carbocycles. The highest BCUT2D eigenvalue weighted by Crippen LogP contribution is 2.47. The summed E-state index contributed by atoms with van der Waals surface area (Å²) in [6, 6.07) is 22.9. The number of ether oxygens (including phenoxy) is 1. The highest BCUT2D eigenvalue weighted by Gasteiger charge is 2.43. The third-order valence-corrected chi connectivity index (χ3v) is 8.06. The summed E-state index contributed by atoms with van der Waals surface area (Å²) >= 11 is 0. The molecule has 0 atom stereocenters. The van der Waals surface area contributed by atoms with E-state index in [1.54, 1.807) is 36.4 Å². The van der Waals surface area contributed by atoms with E-state index in [-0.39, 0.29) is 16.7 Å². The fraction of sp³-hybridized carbons (Fsp3) is 0.111. The van der Waals surface area contributed by atoms with Crippen molar-refractivity contribution in [1.82, 2.24) is 19.3 Å². The number of para-hydroxylation sites is 1. The van der Waals surface area contributed by atoms with E-state index >= 15 is 0 Å². The van der Waals surface area contributed by atoms with Crippen molar-refractivity contribution in [2.45, 2.75) is 26.2 Å². The van der Waals surface area contributed by atoms with Gasteiger partial charge >= 0.3 is 12.4 Å². The van der Waals surface area contributed by atoms with E-state index in [9.17, 15) is 30.7 Å². The number of halogens is 7. The van der Waals surface area contributed by atoms with Crippen molar-refractivity contribution in [2.24, 2.45) is 0 Å². The molecule has 0 amide bonds. The minimum absolute atomic E-state index is 0.324. The molecule has 48 heavy (non-hydrogen) atoms. The Morgan fingerprint density at radius 3 is 2.08 bits per heavy atom. The number of alkyl halides is 6. The lowest BCUT2D eigenvalue weighted by molar-refractivity contribution is -0.142. The Morgan fingerprint density at radius 1 is 0.688 bits per heavy atom. The third-order valence-electron chi connectivity index (χ3n) is 8.06. The molecule has 0 aliphatic carbocycles. The second-order valence-electron chi connectivity index (χ2n) is 11.3. The van der Waals surface area contributed by atoms with Gasteiger partial charge in [0.05, 0.1) is 34.0 Å². The monoisotopic (exact) mass is 660 g/mol. The van der Waals surface area contributed by atoms with Gasteiger partial charge in [-0.3, -0.25) is 4.57 Å². The topological polar surface area (TPSA) is 44.9 Å². The molecule has 0 unspecified atom stereocenters. The molecule has 0 saturated heterocycles. The minimum atomic E-state index is -5.04. The summed E-state index contributed by atoms with van der Waals surface area (Å²) < 4.78 is 108. The number of aryl methyl sites for hydroxylation is 2. The Kier molecular flexibility index (Phi) is 7.26. The normalized spacial score (nSPS) is 12.3. The molecule has 7 aromatic rings. The summed E-state index contributed by atoms with van der Waals surface area (Å²) in [5.41, 5.74) is -2.83. The number of benzene rings is 4. The van der Waals surface area contributed by atoms with Gasteiger partial charge in [-0.1, -0.05) is 30.3 Å². The van der Waals surface area contributed by atoms with Crippen LogP contribution in [0.1, 0.15) is 22.3 Å². The average Bonchev–Trinajstić information content (AvgIpc) is 3.63. The van der Waals surface area contributed by atoms with Crippen LogP contribution in [0, 0.1) is 19.7 Å². The molecule has 242 valence electrons. The van der Waals surface area contributed by atoms with E-state index in [4.69, 9.17) is 4.74 Å². The predicted molar refractivity (Wildman–Crippen MR) is 167 cm³/mol. The summed E-state index contributed by atoms with van der Waals surface area (Å²) in [6.45, 7) is 2.27. The van der Waals surface area contributed by atoms with Crippen molar-refractivity contribution < 1.29 is 35.5 Å². The summed E-state index contributed by atoms with van der Waals surface area (Å²) in [5.74, 6) is 0.676. The molecule has 12 heteroatoms. The molecule has 5 nitrogen and oxygen atoms in total. The van der Waals surface area contributed by atoms with Gasteiger partial charge in [-0.05, 0) is 61.4 Å². The van der Waals surface area contributed by atoms with Gasteiger partial charge in [0.2, 0.25) is 0 Å². The lowest BCUT2D eigenvalue weighted by atomic mass is 9.88. The number of fused-ring (bicyclic) bond motifs is 3. The molecule has 7 rings (SSSR count). The second-order valence-corrected chi connectivity index (χ2v) is 11.3. The van der Waals surface area contributed by atoms with Crippen molar-refractivity contribution in [3.05, 3.63) is 132 Å². The SMILES string of the molecule is Cc1cc(C)c(C(F)(F)F)c(-c2cnn(-c3cccc(Oc4ccc5c6ccccc6n(-c6cc(F)ccn6)c5c4)c3)c2)c1C(F)(F)F. The highest BCUT2D eigenvalue weighted by atomic mass is 19.4. The first-order valence-corrected chi connectivity index (χ1v) is 14.6. The van der Waals surface area contributed by atoms with Gasteiger partial charge in [0.15, 0.2) is 0 Å². The van der Waals surface area contributed by atoms with Gasteiger partial charge in [0, 0.05) is 52.5 Å². The van der Waals surface area contributed by atoms with Gasteiger partial charge < -0.3 is 4.74 Å². The first-order chi connectivity index (χ1) is 22.8. The van der Waals surface area contributed by atoms with Crippen LogP contribution < -0.4 is 4.74 Å². The Morgan fingerprint density at radius 2 is 1.38 bits per heavy atom. The van der Waals surface area contributed by atoms with Crippen molar-refractivity contribution in [3.8, 4) is 34.1 Å². The first-order valence-electron chi connectivity index (χ1n) is 14.6. The zero-order valence-corrected chi connectivity index (χ0v) is 25.2. The average molecular weight is 661 g/mol. The van der Waals surface area contributed by atoms with Crippen LogP contribution >= 0.6 is 0 Å². The summed E-state index contributed by atoms with van der Waals surface area (Å²) in [7, 11) is 0. The Labute approximate surface area is 268 Å². The lowest BCUT2D eigenvalue weighted by Gasteiger charge is -2.22. The van der Waals surface area contributed by atoms with Crippen LogP contribution in [0.5, 0.6) is 11.5 Å². The van der Waals surface area contributed by atoms with Crippen molar-refractivity contribution >= 4 is 21.8 Å². The smallest absolute Gasteiger partial charge is 0.417 e. The first kappa shape index (κ1) is 31.0. The van der Waals surface area contributed by atoms with Crippen LogP contribution in [0.15, 0.2) is 104 Å². The molecular weight excluding hydrogens is 637 g/mol. The molecule has 0 N–H and O–H groups in total. The van der Waals surface area contributed by atoms with Gasteiger partial charge in [0.25, 0.3) is 0 Å². The fourth-order valence-electron chi connectivity index (χ4n) is 6.20. The number of hydrogen-bond donors (Lipinski definition) is 0.